The molecular weight excluding hydrogens is 294 g/mol. The Morgan fingerprint density at radius 3 is 2.90 bits per heavy atom. The van der Waals surface area contributed by atoms with Crippen LogP contribution in [0.25, 0.3) is 0 Å². The van der Waals surface area contributed by atoms with Crippen LogP contribution in [0, 0.1) is 18.8 Å². The van der Waals surface area contributed by atoms with E-state index < -0.39 is 10.0 Å². The van der Waals surface area contributed by atoms with Gasteiger partial charge in [0.2, 0.25) is 0 Å². The van der Waals surface area contributed by atoms with Crippen LogP contribution in [0.1, 0.15) is 11.1 Å². The summed E-state index contributed by atoms with van der Waals surface area (Å²) in [5, 5.41) is 2.04. The number of aromatic nitrogens is 1. The Labute approximate surface area is 121 Å². The Morgan fingerprint density at radius 2 is 2.25 bits per heavy atom. The molecule has 104 valence electrons. The average Bonchev–Trinajstić information content (AvgIpc) is 2.89. The second-order valence-electron chi connectivity index (χ2n) is 3.93. The Bertz CT molecular complexity index is 757. The molecule has 2 aromatic rings. The molecule has 3 N–H and O–H groups in total. The van der Waals surface area contributed by atoms with E-state index in [0.717, 1.165) is 0 Å². The first kappa shape index (κ1) is 14.5. The van der Waals surface area contributed by atoms with E-state index >= 15 is 0 Å². The number of hydrogen-bond donors (Lipinski definition) is 2. The minimum Gasteiger partial charge on any atom is -0.320 e. The second kappa shape index (κ2) is 6.05. The third kappa shape index (κ3) is 3.36. The molecule has 0 saturated carbocycles. The van der Waals surface area contributed by atoms with Crippen LogP contribution in [0.5, 0.6) is 0 Å². The van der Waals surface area contributed by atoms with Crippen LogP contribution in [0.3, 0.4) is 0 Å². The molecule has 1 aromatic heterocycles. The summed E-state index contributed by atoms with van der Waals surface area (Å²) in [5.41, 5.74) is 6.57. The van der Waals surface area contributed by atoms with Crippen molar-refractivity contribution in [3.63, 3.8) is 0 Å². The minimum atomic E-state index is -3.66. The number of nitrogens with zero attached hydrogens (tertiary/aromatic N) is 1. The summed E-state index contributed by atoms with van der Waals surface area (Å²) in [6.45, 7) is 1.96. The van der Waals surface area contributed by atoms with Crippen molar-refractivity contribution in [2.45, 2.75) is 11.8 Å². The molecule has 0 spiro atoms. The summed E-state index contributed by atoms with van der Waals surface area (Å²) in [5.74, 6) is 5.52. The lowest BCUT2D eigenvalue weighted by atomic mass is 10.1. The smallest absolute Gasteiger partial charge is 0.263 e. The molecule has 0 amide bonds. The SMILES string of the molecule is Cc1ccc(C#CCN)cc1S(=O)(=O)Nc1nccs1. The van der Waals surface area contributed by atoms with Gasteiger partial charge in [-0.05, 0) is 24.6 Å². The Morgan fingerprint density at radius 1 is 1.45 bits per heavy atom. The molecule has 0 aliphatic carbocycles. The van der Waals surface area contributed by atoms with Crippen LogP contribution in [0.2, 0.25) is 0 Å². The van der Waals surface area contributed by atoms with Crippen LogP contribution in [0.15, 0.2) is 34.7 Å². The summed E-state index contributed by atoms with van der Waals surface area (Å²) in [6.07, 6.45) is 1.54. The fourth-order valence-corrected chi connectivity index (χ4v) is 3.62. The van der Waals surface area contributed by atoms with Crippen molar-refractivity contribution >= 4 is 26.5 Å². The van der Waals surface area contributed by atoms with Crippen molar-refractivity contribution in [2.24, 2.45) is 5.73 Å². The number of thiazole rings is 1. The maximum atomic E-state index is 12.3. The van der Waals surface area contributed by atoms with Gasteiger partial charge in [-0.15, -0.1) is 11.3 Å². The predicted molar refractivity (Wildman–Crippen MR) is 80.0 cm³/mol. The lowest BCUT2D eigenvalue weighted by Gasteiger charge is -2.08. The highest BCUT2D eigenvalue weighted by Gasteiger charge is 2.18. The van der Waals surface area contributed by atoms with E-state index in [9.17, 15) is 8.42 Å². The van der Waals surface area contributed by atoms with Crippen LogP contribution in [-0.4, -0.2) is 19.9 Å². The zero-order valence-electron chi connectivity index (χ0n) is 10.8. The molecule has 0 unspecified atom stereocenters. The maximum absolute atomic E-state index is 12.3. The molecule has 0 aliphatic rings. The number of hydrogen-bond acceptors (Lipinski definition) is 5. The minimum absolute atomic E-state index is 0.191. The van der Waals surface area contributed by atoms with Gasteiger partial charge < -0.3 is 5.73 Å². The number of aryl methyl sites for hydroxylation is 1. The summed E-state index contributed by atoms with van der Waals surface area (Å²) < 4.78 is 27.1. The van der Waals surface area contributed by atoms with Crippen molar-refractivity contribution in [2.75, 3.05) is 11.3 Å². The van der Waals surface area contributed by atoms with Crippen molar-refractivity contribution < 1.29 is 8.42 Å². The van der Waals surface area contributed by atoms with E-state index in [0.29, 0.717) is 16.3 Å². The van der Waals surface area contributed by atoms with Crippen molar-refractivity contribution in [1.29, 1.82) is 0 Å². The molecule has 5 nitrogen and oxygen atoms in total. The first-order chi connectivity index (χ1) is 9.53. The van der Waals surface area contributed by atoms with E-state index in [-0.39, 0.29) is 11.4 Å². The van der Waals surface area contributed by atoms with Gasteiger partial charge in [0, 0.05) is 17.1 Å². The topological polar surface area (TPSA) is 85.1 Å². The average molecular weight is 307 g/mol. The van der Waals surface area contributed by atoms with Gasteiger partial charge in [-0.1, -0.05) is 17.9 Å². The van der Waals surface area contributed by atoms with Gasteiger partial charge in [-0.3, -0.25) is 4.72 Å². The third-order valence-corrected chi connectivity index (χ3v) is 4.77. The Hall–Kier alpha value is -1.88. The zero-order chi connectivity index (χ0) is 14.6. The number of nitrogens with two attached hydrogens (primary N) is 1. The molecule has 7 heteroatoms. The van der Waals surface area contributed by atoms with Gasteiger partial charge in [-0.25, -0.2) is 13.4 Å². The summed E-state index contributed by atoms with van der Waals surface area (Å²) >= 11 is 1.22. The molecule has 0 bridgehead atoms. The zero-order valence-corrected chi connectivity index (χ0v) is 12.4. The van der Waals surface area contributed by atoms with Gasteiger partial charge in [-0.2, -0.15) is 0 Å². The van der Waals surface area contributed by atoms with E-state index in [1.165, 1.54) is 17.4 Å². The highest BCUT2D eigenvalue weighted by Crippen LogP contribution is 2.21. The van der Waals surface area contributed by atoms with Gasteiger partial charge in [0.1, 0.15) is 0 Å². The van der Waals surface area contributed by atoms with Gasteiger partial charge in [0.15, 0.2) is 5.13 Å². The standard InChI is InChI=1S/C13H13N3O2S2/c1-10-4-5-11(3-2-6-14)9-12(10)20(17,18)16-13-15-7-8-19-13/h4-5,7-9H,6,14H2,1H3,(H,15,16). The molecule has 1 aromatic carbocycles. The van der Waals surface area contributed by atoms with Gasteiger partial charge >= 0.3 is 0 Å². The Kier molecular flexibility index (Phi) is 4.39. The molecule has 0 atom stereocenters. The van der Waals surface area contributed by atoms with Crippen LogP contribution < -0.4 is 10.5 Å². The third-order valence-electron chi connectivity index (χ3n) is 2.47. The van der Waals surface area contributed by atoms with Gasteiger partial charge in [0.05, 0.1) is 11.4 Å². The second-order valence-corrected chi connectivity index (χ2v) is 6.47. The maximum Gasteiger partial charge on any atom is 0.263 e. The fourth-order valence-electron chi connectivity index (χ4n) is 1.56. The molecule has 0 radical (unpaired) electrons. The van der Waals surface area contributed by atoms with Crippen molar-refractivity contribution in [1.82, 2.24) is 4.98 Å². The van der Waals surface area contributed by atoms with Crippen LogP contribution in [-0.2, 0) is 10.0 Å². The number of nitrogens with one attached hydrogen (secondary N) is 1. The summed E-state index contributed by atoms with van der Waals surface area (Å²) in [4.78, 5) is 4.10. The fraction of sp³-hybridized carbons (Fsp3) is 0.154. The molecule has 0 fully saturated rings. The number of sulfonamides is 1. The predicted octanol–water partition coefficient (Wildman–Crippen LogP) is 1.56. The van der Waals surface area contributed by atoms with E-state index in [4.69, 9.17) is 5.73 Å². The van der Waals surface area contributed by atoms with Crippen molar-refractivity contribution in [3.05, 3.63) is 40.9 Å². The molecule has 1 heterocycles. The highest BCUT2D eigenvalue weighted by molar-refractivity contribution is 7.93. The van der Waals surface area contributed by atoms with E-state index in [1.807, 2.05) is 0 Å². The quantitative estimate of drug-likeness (QED) is 0.843. The van der Waals surface area contributed by atoms with Crippen molar-refractivity contribution in [3.8, 4) is 11.8 Å². The summed E-state index contributed by atoms with van der Waals surface area (Å²) in [6, 6.07) is 5.02. The highest BCUT2D eigenvalue weighted by atomic mass is 32.2. The molecular formula is C13H13N3O2S2. The largest absolute Gasteiger partial charge is 0.320 e. The molecule has 2 rings (SSSR count). The summed E-state index contributed by atoms with van der Waals surface area (Å²) in [7, 11) is -3.66. The Balaban J connectivity index is 2.40. The lowest BCUT2D eigenvalue weighted by Crippen LogP contribution is -2.14. The number of rotatable bonds is 3. The van der Waals surface area contributed by atoms with Gasteiger partial charge in [0.25, 0.3) is 10.0 Å². The van der Waals surface area contributed by atoms with Crippen LogP contribution >= 0.6 is 11.3 Å². The van der Waals surface area contributed by atoms with E-state index in [1.54, 1.807) is 30.6 Å². The number of anilines is 1. The normalized spacial score (nSPS) is 10.7. The number of benzene rings is 1. The molecule has 20 heavy (non-hydrogen) atoms. The lowest BCUT2D eigenvalue weighted by molar-refractivity contribution is 0.600. The molecule has 0 aliphatic heterocycles. The first-order valence-corrected chi connectivity index (χ1v) is 8.11. The monoisotopic (exact) mass is 307 g/mol. The first-order valence-electron chi connectivity index (χ1n) is 5.75. The molecule has 0 saturated heterocycles. The van der Waals surface area contributed by atoms with Crippen LogP contribution in [0.4, 0.5) is 5.13 Å². The van der Waals surface area contributed by atoms with E-state index in [2.05, 4.69) is 21.5 Å².